The van der Waals surface area contributed by atoms with E-state index < -0.39 is 6.04 Å². The van der Waals surface area contributed by atoms with Gasteiger partial charge in [0.15, 0.2) is 0 Å². The summed E-state index contributed by atoms with van der Waals surface area (Å²) in [6.45, 7) is 4.01. The van der Waals surface area contributed by atoms with Gasteiger partial charge in [0.1, 0.15) is 6.04 Å². The molecule has 0 saturated carbocycles. The van der Waals surface area contributed by atoms with Crippen LogP contribution in [0.5, 0.6) is 0 Å². The van der Waals surface area contributed by atoms with E-state index in [9.17, 15) is 9.59 Å². The Hall–Kier alpha value is -2.33. The molecule has 0 aliphatic carbocycles. The number of halogens is 1. The Morgan fingerprint density at radius 2 is 1.64 bits per heavy atom. The van der Waals surface area contributed by atoms with E-state index in [0.717, 1.165) is 11.1 Å². The maximum Gasteiger partial charge on any atom is 0.247 e. The van der Waals surface area contributed by atoms with Gasteiger partial charge in [0, 0.05) is 24.5 Å². The number of benzene rings is 2. The molecule has 1 unspecified atom stereocenters. The van der Waals surface area contributed by atoms with Crippen molar-refractivity contribution in [2.24, 2.45) is 5.92 Å². The average molecular weight is 359 g/mol. The first-order valence-corrected chi connectivity index (χ1v) is 8.63. The van der Waals surface area contributed by atoms with E-state index in [1.54, 1.807) is 24.1 Å². The van der Waals surface area contributed by atoms with Crippen molar-refractivity contribution < 1.29 is 9.59 Å². The quantitative estimate of drug-likeness (QED) is 0.853. The van der Waals surface area contributed by atoms with Crippen LogP contribution in [0.15, 0.2) is 54.6 Å². The molecule has 0 radical (unpaired) electrons. The molecule has 0 aliphatic heterocycles. The highest BCUT2D eigenvalue weighted by molar-refractivity contribution is 6.30. The molecule has 25 heavy (non-hydrogen) atoms. The molecule has 132 valence electrons. The zero-order chi connectivity index (χ0) is 18.4. The second-order valence-electron chi connectivity index (χ2n) is 6.17. The minimum absolute atomic E-state index is 0.0765. The van der Waals surface area contributed by atoms with Crippen molar-refractivity contribution in [3.63, 3.8) is 0 Å². The van der Waals surface area contributed by atoms with Gasteiger partial charge in [-0.1, -0.05) is 67.9 Å². The first-order chi connectivity index (χ1) is 11.9. The lowest BCUT2D eigenvalue weighted by atomic mass is 10.0. The highest BCUT2D eigenvalue weighted by atomic mass is 35.5. The molecule has 2 rings (SSSR count). The fourth-order valence-electron chi connectivity index (χ4n) is 2.66. The van der Waals surface area contributed by atoms with Gasteiger partial charge in [-0.3, -0.25) is 9.59 Å². The number of rotatable bonds is 6. The summed E-state index contributed by atoms with van der Waals surface area (Å²) < 4.78 is 0. The molecule has 0 bridgehead atoms. The fourth-order valence-corrected chi connectivity index (χ4v) is 2.79. The second-order valence-corrected chi connectivity index (χ2v) is 6.61. The Balaban J connectivity index is 2.44. The number of nitrogens with one attached hydrogen (secondary N) is 1. The summed E-state index contributed by atoms with van der Waals surface area (Å²) in [7, 11) is 1.58. The summed E-state index contributed by atoms with van der Waals surface area (Å²) in [6.07, 6.45) is 0. The van der Waals surface area contributed by atoms with Crippen molar-refractivity contribution in [1.29, 1.82) is 0 Å². The smallest absolute Gasteiger partial charge is 0.247 e. The van der Waals surface area contributed by atoms with Crippen LogP contribution in [0.3, 0.4) is 0 Å². The van der Waals surface area contributed by atoms with Gasteiger partial charge in [-0.25, -0.2) is 0 Å². The SMILES string of the molecule is CNC(=O)C(c1ccccc1)N(Cc1ccc(Cl)cc1)C(=O)C(C)C. The van der Waals surface area contributed by atoms with E-state index in [1.165, 1.54) is 0 Å². The monoisotopic (exact) mass is 358 g/mol. The topological polar surface area (TPSA) is 49.4 Å². The van der Waals surface area contributed by atoms with Gasteiger partial charge in [-0.15, -0.1) is 0 Å². The zero-order valence-corrected chi connectivity index (χ0v) is 15.5. The maximum atomic E-state index is 12.9. The molecule has 0 aliphatic rings. The Kier molecular flexibility index (Phi) is 6.59. The van der Waals surface area contributed by atoms with Gasteiger partial charge in [-0.2, -0.15) is 0 Å². The molecule has 4 nitrogen and oxygen atoms in total. The van der Waals surface area contributed by atoms with Crippen molar-refractivity contribution in [1.82, 2.24) is 10.2 Å². The normalized spacial score (nSPS) is 11.9. The molecule has 0 spiro atoms. The summed E-state index contributed by atoms with van der Waals surface area (Å²) in [5, 5.41) is 3.31. The van der Waals surface area contributed by atoms with Gasteiger partial charge in [0.2, 0.25) is 11.8 Å². The molecule has 1 atom stereocenters. The summed E-state index contributed by atoms with van der Waals surface area (Å²) in [5.74, 6) is -0.510. The highest BCUT2D eigenvalue weighted by Crippen LogP contribution is 2.25. The van der Waals surface area contributed by atoms with Crippen molar-refractivity contribution in [2.75, 3.05) is 7.05 Å². The van der Waals surface area contributed by atoms with E-state index in [-0.39, 0.29) is 17.7 Å². The van der Waals surface area contributed by atoms with Gasteiger partial charge >= 0.3 is 0 Å². The summed E-state index contributed by atoms with van der Waals surface area (Å²) >= 11 is 5.95. The molecule has 2 aromatic rings. The molecule has 0 saturated heterocycles. The molecular formula is C20H23ClN2O2. The Bertz CT molecular complexity index is 714. The molecule has 2 aromatic carbocycles. The molecule has 0 heterocycles. The molecule has 2 amide bonds. The standard InChI is InChI=1S/C20H23ClN2O2/c1-14(2)20(25)23(13-15-9-11-17(21)12-10-15)18(19(24)22-3)16-7-5-4-6-8-16/h4-12,14,18H,13H2,1-3H3,(H,22,24). The van der Waals surface area contributed by atoms with Gasteiger partial charge in [-0.05, 0) is 23.3 Å². The first-order valence-electron chi connectivity index (χ1n) is 8.25. The molecular weight excluding hydrogens is 336 g/mol. The minimum atomic E-state index is -0.684. The Morgan fingerprint density at radius 1 is 1.04 bits per heavy atom. The van der Waals surface area contributed by atoms with Crippen LogP contribution in [0.2, 0.25) is 5.02 Å². The average Bonchev–Trinajstić information content (AvgIpc) is 2.62. The van der Waals surface area contributed by atoms with E-state index in [2.05, 4.69) is 5.32 Å². The number of carbonyl (C=O) groups is 2. The fraction of sp³-hybridized carbons (Fsp3) is 0.300. The van der Waals surface area contributed by atoms with Crippen LogP contribution in [-0.2, 0) is 16.1 Å². The van der Waals surface area contributed by atoms with Crippen molar-refractivity contribution in [3.8, 4) is 0 Å². The van der Waals surface area contributed by atoms with Crippen molar-refractivity contribution in [2.45, 2.75) is 26.4 Å². The number of hydrogen-bond donors (Lipinski definition) is 1. The van der Waals surface area contributed by atoms with Crippen LogP contribution in [0.25, 0.3) is 0 Å². The lowest BCUT2D eigenvalue weighted by Gasteiger charge is -2.32. The lowest BCUT2D eigenvalue weighted by molar-refractivity contribution is -0.143. The van der Waals surface area contributed by atoms with E-state index >= 15 is 0 Å². The largest absolute Gasteiger partial charge is 0.357 e. The number of hydrogen-bond acceptors (Lipinski definition) is 2. The van der Waals surface area contributed by atoms with Crippen LogP contribution < -0.4 is 5.32 Å². The Labute approximate surface area is 153 Å². The maximum absolute atomic E-state index is 12.9. The third-order valence-corrected chi connectivity index (χ3v) is 4.22. The first kappa shape index (κ1) is 19.0. The summed E-state index contributed by atoms with van der Waals surface area (Å²) in [5.41, 5.74) is 1.70. The predicted molar refractivity (Wildman–Crippen MR) is 100 cm³/mol. The van der Waals surface area contributed by atoms with E-state index in [4.69, 9.17) is 11.6 Å². The number of likely N-dealkylation sites (N-methyl/N-ethyl adjacent to an activating group) is 1. The highest BCUT2D eigenvalue weighted by Gasteiger charge is 2.31. The van der Waals surface area contributed by atoms with Crippen LogP contribution in [0.4, 0.5) is 0 Å². The van der Waals surface area contributed by atoms with E-state index in [1.807, 2.05) is 56.3 Å². The lowest BCUT2D eigenvalue weighted by Crippen LogP contribution is -2.44. The molecule has 0 fully saturated rings. The third kappa shape index (κ3) is 4.83. The van der Waals surface area contributed by atoms with Gasteiger partial charge in [0.25, 0.3) is 0 Å². The minimum Gasteiger partial charge on any atom is -0.357 e. The van der Waals surface area contributed by atoms with Crippen LogP contribution in [0.1, 0.15) is 31.0 Å². The van der Waals surface area contributed by atoms with Crippen molar-refractivity contribution in [3.05, 3.63) is 70.7 Å². The van der Waals surface area contributed by atoms with Crippen LogP contribution >= 0.6 is 11.6 Å². The predicted octanol–water partition coefficient (Wildman–Crippen LogP) is 3.81. The number of nitrogens with zero attached hydrogens (tertiary/aromatic N) is 1. The van der Waals surface area contributed by atoms with Gasteiger partial charge < -0.3 is 10.2 Å². The van der Waals surface area contributed by atoms with E-state index in [0.29, 0.717) is 11.6 Å². The Morgan fingerprint density at radius 3 is 2.16 bits per heavy atom. The van der Waals surface area contributed by atoms with Crippen LogP contribution in [0, 0.1) is 5.92 Å². The summed E-state index contributed by atoms with van der Waals surface area (Å²) in [6, 6.07) is 16.0. The molecule has 1 N–H and O–H groups in total. The van der Waals surface area contributed by atoms with Crippen molar-refractivity contribution >= 4 is 23.4 Å². The zero-order valence-electron chi connectivity index (χ0n) is 14.7. The molecule has 0 aromatic heterocycles. The molecule has 5 heteroatoms. The summed E-state index contributed by atoms with van der Waals surface area (Å²) in [4.78, 5) is 27.1. The van der Waals surface area contributed by atoms with Gasteiger partial charge in [0.05, 0.1) is 0 Å². The number of amides is 2. The van der Waals surface area contributed by atoms with Crippen LogP contribution in [-0.4, -0.2) is 23.8 Å². The second kappa shape index (κ2) is 8.67. The number of carbonyl (C=O) groups excluding carboxylic acids is 2. The third-order valence-electron chi connectivity index (χ3n) is 3.96.